The van der Waals surface area contributed by atoms with Crippen LogP contribution in [0.25, 0.3) is 0 Å². The molecular weight excluding hydrogens is 248 g/mol. The van der Waals surface area contributed by atoms with Gasteiger partial charge in [-0.05, 0) is 18.6 Å². The van der Waals surface area contributed by atoms with Crippen molar-refractivity contribution in [3.05, 3.63) is 35.4 Å². The lowest BCUT2D eigenvalue weighted by molar-refractivity contribution is 0.0949. The van der Waals surface area contributed by atoms with Gasteiger partial charge in [0.1, 0.15) is 11.6 Å². The third-order valence-corrected chi connectivity index (χ3v) is 2.63. The molecule has 17 heavy (non-hydrogen) atoms. The SMILES string of the molecule is CCCC(Cl)CNC(=O)c1ccc(F)cc1F. The number of benzene rings is 1. The zero-order chi connectivity index (χ0) is 12.8. The van der Waals surface area contributed by atoms with E-state index in [9.17, 15) is 13.6 Å². The molecule has 1 amide bonds. The Morgan fingerprint density at radius 1 is 1.47 bits per heavy atom. The van der Waals surface area contributed by atoms with Crippen molar-refractivity contribution in [2.24, 2.45) is 0 Å². The number of carbonyl (C=O) groups excluding carboxylic acids is 1. The second-order valence-electron chi connectivity index (χ2n) is 3.72. The summed E-state index contributed by atoms with van der Waals surface area (Å²) < 4.78 is 25.9. The van der Waals surface area contributed by atoms with E-state index in [1.165, 1.54) is 0 Å². The summed E-state index contributed by atoms with van der Waals surface area (Å²) in [5, 5.41) is 2.34. The van der Waals surface area contributed by atoms with Crippen molar-refractivity contribution in [2.45, 2.75) is 25.1 Å². The Labute approximate surface area is 104 Å². The molecule has 1 unspecified atom stereocenters. The van der Waals surface area contributed by atoms with E-state index in [1.807, 2.05) is 6.92 Å². The first-order valence-corrected chi connectivity index (χ1v) is 5.85. The lowest BCUT2D eigenvalue weighted by Gasteiger charge is -2.10. The van der Waals surface area contributed by atoms with Crippen LogP contribution in [0.3, 0.4) is 0 Å². The maximum atomic E-state index is 13.2. The topological polar surface area (TPSA) is 29.1 Å². The van der Waals surface area contributed by atoms with Crippen LogP contribution in [-0.2, 0) is 0 Å². The van der Waals surface area contributed by atoms with Crippen molar-refractivity contribution in [1.82, 2.24) is 5.32 Å². The summed E-state index contributed by atoms with van der Waals surface area (Å²) in [4.78, 5) is 11.6. The van der Waals surface area contributed by atoms with Gasteiger partial charge in [-0.15, -0.1) is 11.6 Å². The van der Waals surface area contributed by atoms with Crippen molar-refractivity contribution >= 4 is 17.5 Å². The van der Waals surface area contributed by atoms with Gasteiger partial charge >= 0.3 is 0 Å². The molecule has 1 aromatic carbocycles. The largest absolute Gasteiger partial charge is 0.350 e. The summed E-state index contributed by atoms with van der Waals surface area (Å²) in [5.74, 6) is -2.16. The summed E-state index contributed by atoms with van der Waals surface area (Å²) in [6.07, 6.45) is 1.68. The van der Waals surface area contributed by atoms with Gasteiger partial charge in [-0.2, -0.15) is 0 Å². The van der Waals surface area contributed by atoms with E-state index < -0.39 is 17.5 Å². The number of amides is 1. The first kappa shape index (κ1) is 13.9. The molecule has 0 spiro atoms. The van der Waals surface area contributed by atoms with E-state index in [2.05, 4.69) is 5.32 Å². The van der Waals surface area contributed by atoms with Gasteiger partial charge in [0.15, 0.2) is 0 Å². The second-order valence-corrected chi connectivity index (χ2v) is 4.34. The van der Waals surface area contributed by atoms with E-state index in [-0.39, 0.29) is 17.5 Å². The highest BCUT2D eigenvalue weighted by Crippen LogP contribution is 2.10. The van der Waals surface area contributed by atoms with E-state index in [0.29, 0.717) is 6.07 Å². The zero-order valence-corrected chi connectivity index (χ0v) is 10.2. The minimum Gasteiger partial charge on any atom is -0.350 e. The summed E-state index contributed by atoms with van der Waals surface area (Å²) in [6, 6.07) is 2.84. The fraction of sp³-hybridized carbons (Fsp3) is 0.417. The normalized spacial score (nSPS) is 12.2. The maximum absolute atomic E-state index is 13.2. The molecule has 0 heterocycles. The molecule has 0 bridgehead atoms. The van der Waals surface area contributed by atoms with Crippen LogP contribution in [0.1, 0.15) is 30.1 Å². The Kier molecular flexibility index (Phi) is 5.35. The average molecular weight is 262 g/mol. The number of carbonyl (C=O) groups is 1. The molecule has 0 aliphatic heterocycles. The molecule has 1 rings (SSSR count). The monoisotopic (exact) mass is 261 g/mol. The molecule has 0 saturated heterocycles. The minimum atomic E-state index is -0.871. The third kappa shape index (κ3) is 4.30. The molecule has 5 heteroatoms. The Hall–Kier alpha value is -1.16. The van der Waals surface area contributed by atoms with Crippen molar-refractivity contribution in [1.29, 1.82) is 0 Å². The van der Waals surface area contributed by atoms with E-state index in [4.69, 9.17) is 11.6 Å². The number of rotatable bonds is 5. The first-order valence-electron chi connectivity index (χ1n) is 5.42. The predicted molar refractivity (Wildman–Crippen MR) is 63.2 cm³/mol. The smallest absolute Gasteiger partial charge is 0.254 e. The van der Waals surface area contributed by atoms with E-state index >= 15 is 0 Å². The van der Waals surface area contributed by atoms with Gasteiger partial charge in [0.25, 0.3) is 5.91 Å². The lowest BCUT2D eigenvalue weighted by Crippen LogP contribution is -2.30. The Morgan fingerprint density at radius 3 is 2.76 bits per heavy atom. The van der Waals surface area contributed by atoms with Crippen molar-refractivity contribution < 1.29 is 13.6 Å². The molecule has 0 saturated carbocycles. The number of hydrogen-bond acceptors (Lipinski definition) is 1. The molecule has 0 aliphatic carbocycles. The summed E-state index contributed by atoms with van der Waals surface area (Å²) in [6.45, 7) is 2.25. The molecular formula is C12H14ClF2NO. The van der Waals surface area contributed by atoms with Gasteiger partial charge in [-0.25, -0.2) is 8.78 Å². The van der Waals surface area contributed by atoms with Gasteiger partial charge in [0.2, 0.25) is 0 Å². The van der Waals surface area contributed by atoms with Gasteiger partial charge in [0, 0.05) is 12.6 Å². The number of halogens is 3. The van der Waals surface area contributed by atoms with Crippen molar-refractivity contribution in [3.63, 3.8) is 0 Å². The zero-order valence-electron chi connectivity index (χ0n) is 9.47. The number of alkyl halides is 1. The Bertz CT molecular complexity index is 398. The predicted octanol–water partition coefficient (Wildman–Crippen LogP) is 3.10. The minimum absolute atomic E-state index is 0.174. The van der Waals surface area contributed by atoms with E-state index in [1.54, 1.807) is 0 Å². The molecule has 94 valence electrons. The molecule has 0 fully saturated rings. The van der Waals surface area contributed by atoms with Crippen LogP contribution < -0.4 is 5.32 Å². The molecule has 0 aliphatic rings. The van der Waals surface area contributed by atoms with Gasteiger partial charge in [-0.1, -0.05) is 13.3 Å². The van der Waals surface area contributed by atoms with E-state index in [0.717, 1.165) is 25.0 Å². The molecule has 0 aromatic heterocycles. The third-order valence-electron chi connectivity index (χ3n) is 2.26. The average Bonchev–Trinajstić information content (AvgIpc) is 2.26. The van der Waals surface area contributed by atoms with Gasteiger partial charge < -0.3 is 5.32 Å². The fourth-order valence-electron chi connectivity index (χ4n) is 1.39. The van der Waals surface area contributed by atoms with Crippen LogP contribution in [0.5, 0.6) is 0 Å². The summed E-state index contributed by atoms with van der Waals surface area (Å²) in [5.41, 5.74) is -0.174. The Balaban J connectivity index is 2.58. The van der Waals surface area contributed by atoms with Crippen LogP contribution in [0.2, 0.25) is 0 Å². The molecule has 2 nitrogen and oxygen atoms in total. The molecule has 1 N–H and O–H groups in total. The highest BCUT2D eigenvalue weighted by atomic mass is 35.5. The van der Waals surface area contributed by atoms with Gasteiger partial charge in [-0.3, -0.25) is 4.79 Å². The molecule has 1 atom stereocenters. The van der Waals surface area contributed by atoms with Crippen LogP contribution in [0.15, 0.2) is 18.2 Å². The quantitative estimate of drug-likeness (QED) is 0.811. The highest BCUT2D eigenvalue weighted by Gasteiger charge is 2.13. The highest BCUT2D eigenvalue weighted by molar-refractivity contribution is 6.20. The van der Waals surface area contributed by atoms with Crippen LogP contribution in [-0.4, -0.2) is 17.8 Å². The van der Waals surface area contributed by atoms with Crippen LogP contribution >= 0.6 is 11.6 Å². The number of nitrogens with one attached hydrogen (secondary N) is 1. The van der Waals surface area contributed by atoms with Crippen LogP contribution in [0.4, 0.5) is 8.78 Å². The molecule has 0 radical (unpaired) electrons. The molecule has 1 aromatic rings. The first-order chi connectivity index (χ1) is 8.04. The lowest BCUT2D eigenvalue weighted by atomic mass is 10.2. The van der Waals surface area contributed by atoms with Crippen LogP contribution in [0, 0.1) is 11.6 Å². The summed E-state index contributed by atoms with van der Waals surface area (Å²) in [7, 11) is 0. The maximum Gasteiger partial charge on any atom is 0.254 e. The Morgan fingerprint density at radius 2 is 2.18 bits per heavy atom. The second kappa shape index (κ2) is 6.55. The summed E-state index contributed by atoms with van der Waals surface area (Å²) >= 11 is 5.91. The fourth-order valence-corrected chi connectivity index (χ4v) is 1.68. The van der Waals surface area contributed by atoms with Crippen molar-refractivity contribution in [3.8, 4) is 0 Å². The standard InChI is InChI=1S/C12H14ClF2NO/c1-2-3-8(13)7-16-12(17)10-5-4-9(14)6-11(10)15/h4-6,8H,2-3,7H2,1H3,(H,16,17). The van der Waals surface area contributed by atoms with Gasteiger partial charge in [0.05, 0.1) is 10.9 Å². The van der Waals surface area contributed by atoms with Crippen molar-refractivity contribution in [2.75, 3.05) is 6.54 Å². The number of hydrogen-bond donors (Lipinski definition) is 1.